The van der Waals surface area contributed by atoms with Crippen molar-refractivity contribution in [1.82, 2.24) is 4.90 Å². The highest BCUT2D eigenvalue weighted by Gasteiger charge is 2.43. The zero-order valence-corrected chi connectivity index (χ0v) is 13.1. The van der Waals surface area contributed by atoms with Crippen molar-refractivity contribution < 1.29 is 9.90 Å². The number of benzene rings is 1. The molecule has 1 heterocycles. The van der Waals surface area contributed by atoms with E-state index >= 15 is 0 Å². The minimum atomic E-state index is -0.522. The van der Waals surface area contributed by atoms with E-state index in [2.05, 4.69) is 15.9 Å². The van der Waals surface area contributed by atoms with Crippen LogP contribution in [0, 0.1) is 5.92 Å². The first-order valence-electron chi connectivity index (χ1n) is 7.36. The van der Waals surface area contributed by atoms with Crippen molar-refractivity contribution in [1.29, 1.82) is 0 Å². The Morgan fingerprint density at radius 2 is 2.20 bits per heavy atom. The molecular weight excluding hydrogens is 318 g/mol. The molecule has 0 spiro atoms. The van der Waals surface area contributed by atoms with Crippen molar-refractivity contribution in [3.05, 3.63) is 34.3 Å². The summed E-state index contributed by atoms with van der Waals surface area (Å²) in [4.78, 5) is 14.5. The van der Waals surface area contributed by atoms with Crippen LogP contribution in [0.4, 0.5) is 0 Å². The molecular formula is C16H20BrNO2. The predicted octanol–water partition coefficient (Wildman–Crippen LogP) is 3.22. The third-order valence-corrected chi connectivity index (χ3v) is 5.28. The van der Waals surface area contributed by atoms with E-state index in [4.69, 9.17) is 0 Å². The van der Waals surface area contributed by atoms with Crippen molar-refractivity contribution >= 4 is 21.8 Å². The van der Waals surface area contributed by atoms with E-state index < -0.39 is 5.60 Å². The van der Waals surface area contributed by atoms with Gasteiger partial charge in [0.1, 0.15) is 0 Å². The SMILES string of the molecule is O=C(c1cccc(Br)c1)N1CC[C@@]2(O)CCCC[C@@H]2C1. The van der Waals surface area contributed by atoms with E-state index in [0.29, 0.717) is 13.1 Å². The number of hydrogen-bond donors (Lipinski definition) is 1. The van der Waals surface area contributed by atoms with E-state index in [1.54, 1.807) is 0 Å². The zero-order valence-electron chi connectivity index (χ0n) is 11.5. The second-order valence-corrected chi connectivity index (χ2v) is 6.97. The average molecular weight is 338 g/mol. The number of carbonyl (C=O) groups is 1. The zero-order chi connectivity index (χ0) is 14.2. The molecule has 3 rings (SSSR count). The summed E-state index contributed by atoms with van der Waals surface area (Å²) >= 11 is 3.41. The van der Waals surface area contributed by atoms with Gasteiger partial charge in [-0.15, -0.1) is 0 Å². The Kier molecular flexibility index (Phi) is 3.87. The first kappa shape index (κ1) is 14.1. The lowest BCUT2D eigenvalue weighted by Gasteiger charge is -2.47. The maximum absolute atomic E-state index is 12.6. The van der Waals surface area contributed by atoms with Gasteiger partial charge < -0.3 is 10.0 Å². The van der Waals surface area contributed by atoms with Crippen LogP contribution in [0.25, 0.3) is 0 Å². The van der Waals surface area contributed by atoms with Gasteiger partial charge in [0.25, 0.3) is 5.91 Å². The first-order chi connectivity index (χ1) is 9.58. The first-order valence-corrected chi connectivity index (χ1v) is 8.15. The van der Waals surface area contributed by atoms with Gasteiger partial charge in [-0.1, -0.05) is 34.8 Å². The van der Waals surface area contributed by atoms with Crippen LogP contribution in [0.2, 0.25) is 0 Å². The molecule has 1 saturated heterocycles. The van der Waals surface area contributed by atoms with Crippen LogP contribution in [-0.4, -0.2) is 34.6 Å². The largest absolute Gasteiger partial charge is 0.389 e. The average Bonchev–Trinajstić information content (AvgIpc) is 2.45. The molecule has 1 amide bonds. The summed E-state index contributed by atoms with van der Waals surface area (Å²) in [5.74, 6) is 0.333. The van der Waals surface area contributed by atoms with E-state index in [9.17, 15) is 9.90 Å². The van der Waals surface area contributed by atoms with Crippen molar-refractivity contribution in [3.8, 4) is 0 Å². The highest BCUT2D eigenvalue weighted by molar-refractivity contribution is 9.10. The van der Waals surface area contributed by atoms with Crippen LogP contribution in [0.5, 0.6) is 0 Å². The summed E-state index contributed by atoms with van der Waals surface area (Å²) in [6.45, 7) is 1.36. The second-order valence-electron chi connectivity index (χ2n) is 6.06. The van der Waals surface area contributed by atoms with Crippen LogP contribution in [0.3, 0.4) is 0 Å². The van der Waals surface area contributed by atoms with Gasteiger partial charge in [0.2, 0.25) is 0 Å². The number of amides is 1. The predicted molar refractivity (Wildman–Crippen MR) is 81.6 cm³/mol. The molecule has 0 radical (unpaired) electrons. The molecule has 1 N–H and O–H groups in total. The smallest absolute Gasteiger partial charge is 0.253 e. The number of piperidine rings is 1. The molecule has 0 unspecified atom stereocenters. The Bertz CT molecular complexity index is 519. The lowest BCUT2D eigenvalue weighted by Crippen LogP contribution is -2.54. The minimum absolute atomic E-state index is 0.0823. The van der Waals surface area contributed by atoms with E-state index in [1.165, 1.54) is 6.42 Å². The third-order valence-electron chi connectivity index (χ3n) is 4.79. The number of halogens is 1. The quantitative estimate of drug-likeness (QED) is 0.854. The van der Waals surface area contributed by atoms with Gasteiger partial charge >= 0.3 is 0 Å². The molecule has 108 valence electrons. The third kappa shape index (κ3) is 2.63. The normalized spacial score (nSPS) is 29.9. The fraction of sp³-hybridized carbons (Fsp3) is 0.562. The molecule has 1 aliphatic heterocycles. The molecule has 1 aromatic rings. The number of nitrogens with zero attached hydrogens (tertiary/aromatic N) is 1. The van der Waals surface area contributed by atoms with E-state index in [-0.39, 0.29) is 11.8 Å². The maximum atomic E-state index is 12.6. The number of carbonyl (C=O) groups excluding carboxylic acids is 1. The maximum Gasteiger partial charge on any atom is 0.253 e. The Labute approximate surface area is 128 Å². The van der Waals surface area contributed by atoms with E-state index in [1.807, 2.05) is 29.2 Å². The van der Waals surface area contributed by atoms with Crippen LogP contribution < -0.4 is 0 Å². The van der Waals surface area contributed by atoms with Gasteiger partial charge in [-0.25, -0.2) is 0 Å². The summed E-state index contributed by atoms with van der Waals surface area (Å²) in [6, 6.07) is 7.53. The molecule has 2 atom stereocenters. The second kappa shape index (κ2) is 5.49. The molecule has 3 nitrogen and oxygen atoms in total. The molecule has 1 aliphatic carbocycles. The lowest BCUT2D eigenvalue weighted by molar-refractivity contribution is -0.0886. The Morgan fingerprint density at radius 3 is 3.00 bits per heavy atom. The van der Waals surface area contributed by atoms with Gasteiger partial charge in [0.05, 0.1) is 5.60 Å². The molecule has 1 saturated carbocycles. The molecule has 0 bridgehead atoms. The number of aliphatic hydroxyl groups is 1. The fourth-order valence-electron chi connectivity index (χ4n) is 3.56. The Hall–Kier alpha value is -0.870. The fourth-order valence-corrected chi connectivity index (χ4v) is 3.96. The van der Waals surface area contributed by atoms with Gasteiger partial charge in [-0.05, 0) is 37.5 Å². The van der Waals surface area contributed by atoms with Crippen molar-refractivity contribution in [3.63, 3.8) is 0 Å². The number of rotatable bonds is 1. The van der Waals surface area contributed by atoms with Crippen LogP contribution >= 0.6 is 15.9 Å². The summed E-state index contributed by atoms with van der Waals surface area (Å²) in [6.07, 6.45) is 4.95. The number of likely N-dealkylation sites (tertiary alicyclic amines) is 1. The van der Waals surface area contributed by atoms with Crippen molar-refractivity contribution in [2.24, 2.45) is 5.92 Å². The summed E-state index contributed by atoms with van der Waals surface area (Å²) in [5, 5.41) is 10.7. The van der Waals surface area contributed by atoms with Crippen molar-refractivity contribution in [2.75, 3.05) is 13.1 Å². The molecule has 0 aromatic heterocycles. The molecule has 4 heteroatoms. The number of hydrogen-bond acceptors (Lipinski definition) is 2. The Balaban J connectivity index is 1.74. The van der Waals surface area contributed by atoms with Gasteiger partial charge in [-0.2, -0.15) is 0 Å². The topological polar surface area (TPSA) is 40.5 Å². The molecule has 2 aliphatic rings. The van der Waals surface area contributed by atoms with Crippen LogP contribution in [-0.2, 0) is 0 Å². The minimum Gasteiger partial charge on any atom is -0.389 e. The summed E-state index contributed by atoms with van der Waals surface area (Å²) < 4.78 is 0.925. The highest BCUT2D eigenvalue weighted by Crippen LogP contribution is 2.40. The van der Waals surface area contributed by atoms with Gasteiger partial charge in [0.15, 0.2) is 0 Å². The van der Waals surface area contributed by atoms with Gasteiger partial charge in [-0.3, -0.25) is 4.79 Å². The van der Waals surface area contributed by atoms with Gasteiger partial charge in [0, 0.05) is 29.0 Å². The monoisotopic (exact) mass is 337 g/mol. The number of fused-ring (bicyclic) bond motifs is 1. The summed E-state index contributed by atoms with van der Waals surface area (Å²) in [5.41, 5.74) is 0.201. The lowest BCUT2D eigenvalue weighted by atomic mass is 9.71. The van der Waals surface area contributed by atoms with Crippen LogP contribution in [0.15, 0.2) is 28.7 Å². The van der Waals surface area contributed by atoms with Crippen LogP contribution in [0.1, 0.15) is 42.5 Å². The molecule has 1 aromatic carbocycles. The Morgan fingerprint density at radius 1 is 1.35 bits per heavy atom. The van der Waals surface area contributed by atoms with E-state index in [0.717, 1.165) is 35.7 Å². The molecule has 2 fully saturated rings. The summed E-state index contributed by atoms with van der Waals surface area (Å²) in [7, 11) is 0. The van der Waals surface area contributed by atoms with Crippen molar-refractivity contribution in [2.45, 2.75) is 37.7 Å². The highest BCUT2D eigenvalue weighted by atomic mass is 79.9. The standard InChI is InChI=1S/C16H20BrNO2/c17-14-6-3-4-12(10-14)15(19)18-9-8-16(20)7-2-1-5-13(16)11-18/h3-4,6,10,13,20H,1-2,5,7-9,11H2/t13-,16+/m1/s1. The molecule has 20 heavy (non-hydrogen) atoms.